The summed E-state index contributed by atoms with van der Waals surface area (Å²) in [5.74, 6) is 0. The van der Waals surface area contributed by atoms with E-state index in [0.29, 0.717) is 12.1 Å². The Bertz CT molecular complexity index is 590. The summed E-state index contributed by atoms with van der Waals surface area (Å²) in [7, 11) is 0. The van der Waals surface area contributed by atoms with E-state index >= 15 is 0 Å². The molecule has 0 bridgehead atoms. The van der Waals surface area contributed by atoms with Gasteiger partial charge in [-0.1, -0.05) is 0 Å². The summed E-state index contributed by atoms with van der Waals surface area (Å²) in [5.41, 5.74) is -0.430. The summed E-state index contributed by atoms with van der Waals surface area (Å²) in [5, 5.41) is 4.43. The van der Waals surface area contributed by atoms with Gasteiger partial charge in [0.25, 0.3) is 0 Å². The highest BCUT2D eigenvalue weighted by molar-refractivity contribution is 9.10. The van der Waals surface area contributed by atoms with Gasteiger partial charge in [0, 0.05) is 38.4 Å². The molecule has 0 N–H and O–H groups in total. The van der Waals surface area contributed by atoms with Crippen LogP contribution in [-0.4, -0.2) is 63.5 Å². The highest BCUT2D eigenvalue weighted by Gasteiger charge is 2.32. The van der Waals surface area contributed by atoms with E-state index in [9.17, 15) is 4.79 Å². The fraction of sp³-hybridized carbons (Fsp3) is 0.778. The Morgan fingerprint density at radius 2 is 1.92 bits per heavy atom. The number of piperidine rings is 2. The van der Waals surface area contributed by atoms with Crippen LogP contribution in [0.4, 0.5) is 4.79 Å². The molecule has 3 heterocycles. The zero-order valence-corrected chi connectivity index (χ0v) is 17.0. The molecule has 0 aliphatic carbocycles. The van der Waals surface area contributed by atoms with E-state index in [1.54, 1.807) is 0 Å². The first kappa shape index (κ1) is 18.7. The first-order valence-corrected chi connectivity index (χ1v) is 10.0. The van der Waals surface area contributed by atoms with Crippen molar-refractivity contribution in [1.82, 2.24) is 19.6 Å². The van der Waals surface area contributed by atoms with Crippen LogP contribution in [0.15, 0.2) is 16.9 Å². The molecule has 1 atom stereocenters. The van der Waals surface area contributed by atoms with Crippen LogP contribution in [0.25, 0.3) is 0 Å². The number of ether oxygens (including phenoxy) is 1. The first-order valence-electron chi connectivity index (χ1n) is 9.23. The molecular weight excluding hydrogens is 384 g/mol. The van der Waals surface area contributed by atoms with E-state index in [1.165, 1.54) is 0 Å². The van der Waals surface area contributed by atoms with Crippen LogP contribution in [0.1, 0.15) is 52.5 Å². The summed E-state index contributed by atoms with van der Waals surface area (Å²) in [4.78, 5) is 16.8. The predicted molar refractivity (Wildman–Crippen MR) is 101 cm³/mol. The third-order valence-corrected chi connectivity index (χ3v) is 5.42. The normalized spacial score (nSPS) is 23.7. The van der Waals surface area contributed by atoms with Gasteiger partial charge in [-0.25, -0.2) is 4.79 Å². The minimum atomic E-state index is -0.430. The van der Waals surface area contributed by atoms with E-state index in [2.05, 4.69) is 36.8 Å². The molecular formula is C18H29BrN4O2. The highest BCUT2D eigenvalue weighted by Crippen LogP contribution is 2.27. The number of hydrogen-bond acceptors (Lipinski definition) is 4. The minimum absolute atomic E-state index is 0.173. The molecule has 2 fully saturated rings. The maximum atomic E-state index is 12.4. The molecule has 1 amide bonds. The highest BCUT2D eigenvalue weighted by atomic mass is 79.9. The van der Waals surface area contributed by atoms with Crippen molar-refractivity contribution in [3.05, 3.63) is 16.9 Å². The summed E-state index contributed by atoms with van der Waals surface area (Å²) in [6.07, 6.45) is 8.17. The van der Waals surface area contributed by atoms with Gasteiger partial charge in [0.15, 0.2) is 0 Å². The Morgan fingerprint density at radius 3 is 2.52 bits per heavy atom. The Kier molecular flexibility index (Phi) is 5.73. The molecule has 140 valence electrons. The molecule has 7 heteroatoms. The minimum Gasteiger partial charge on any atom is -0.444 e. The van der Waals surface area contributed by atoms with Crippen molar-refractivity contribution in [1.29, 1.82) is 0 Å². The zero-order chi connectivity index (χ0) is 18.0. The van der Waals surface area contributed by atoms with Gasteiger partial charge in [-0.3, -0.25) is 9.58 Å². The number of amides is 1. The fourth-order valence-corrected chi connectivity index (χ4v) is 4.08. The van der Waals surface area contributed by atoms with E-state index < -0.39 is 5.60 Å². The maximum Gasteiger partial charge on any atom is 0.410 e. The average Bonchev–Trinajstić information content (AvgIpc) is 3.00. The number of aromatic nitrogens is 2. The van der Waals surface area contributed by atoms with Crippen LogP contribution in [0, 0.1) is 0 Å². The summed E-state index contributed by atoms with van der Waals surface area (Å²) >= 11 is 3.47. The number of rotatable bonds is 2. The van der Waals surface area contributed by atoms with Crippen molar-refractivity contribution in [2.24, 2.45) is 0 Å². The molecule has 2 aliphatic rings. The number of halogens is 1. The first-order chi connectivity index (χ1) is 11.8. The fourth-order valence-electron chi connectivity index (χ4n) is 3.78. The van der Waals surface area contributed by atoms with Crippen LogP contribution in [0.5, 0.6) is 0 Å². The average molecular weight is 413 g/mol. The second kappa shape index (κ2) is 7.66. The number of carbonyl (C=O) groups excluding carboxylic acids is 1. The molecule has 1 aromatic rings. The van der Waals surface area contributed by atoms with Gasteiger partial charge in [-0.2, -0.15) is 5.10 Å². The van der Waals surface area contributed by atoms with Crippen molar-refractivity contribution >= 4 is 22.0 Å². The second-order valence-corrected chi connectivity index (χ2v) is 9.04. The largest absolute Gasteiger partial charge is 0.444 e. The molecule has 2 saturated heterocycles. The molecule has 6 nitrogen and oxygen atoms in total. The lowest BCUT2D eigenvalue weighted by atomic mass is 9.99. The monoisotopic (exact) mass is 412 g/mol. The van der Waals surface area contributed by atoms with Crippen molar-refractivity contribution < 1.29 is 9.53 Å². The molecule has 2 aliphatic heterocycles. The standard InChI is InChI=1S/C18H29BrN4O2/c1-18(2,3)25-17(24)22-8-4-5-16(13-22)21-9-6-15(7-10-21)23-12-14(19)11-20-23/h11-12,15-16H,4-10,13H2,1-3H3. The summed E-state index contributed by atoms with van der Waals surface area (Å²) < 4.78 is 8.66. The van der Waals surface area contributed by atoms with Crippen molar-refractivity contribution in [3.8, 4) is 0 Å². The van der Waals surface area contributed by atoms with E-state index in [0.717, 1.165) is 56.3 Å². The number of likely N-dealkylation sites (tertiary alicyclic amines) is 2. The maximum absolute atomic E-state index is 12.4. The van der Waals surface area contributed by atoms with E-state index in [1.807, 2.05) is 31.9 Å². The summed E-state index contributed by atoms with van der Waals surface area (Å²) in [6, 6.07) is 0.930. The van der Waals surface area contributed by atoms with Gasteiger partial charge in [0.2, 0.25) is 0 Å². The van der Waals surface area contributed by atoms with Crippen molar-refractivity contribution in [2.45, 2.75) is 64.1 Å². The quantitative estimate of drug-likeness (QED) is 0.742. The number of nitrogens with zero attached hydrogens (tertiary/aromatic N) is 4. The smallest absolute Gasteiger partial charge is 0.410 e. The van der Waals surface area contributed by atoms with Crippen LogP contribution >= 0.6 is 15.9 Å². The molecule has 0 radical (unpaired) electrons. The third kappa shape index (κ3) is 4.97. The number of carbonyl (C=O) groups is 1. The van der Waals surface area contributed by atoms with Gasteiger partial charge in [0.1, 0.15) is 5.60 Å². The SMILES string of the molecule is CC(C)(C)OC(=O)N1CCCC(N2CCC(n3cc(Br)cn3)CC2)C1. The van der Waals surface area contributed by atoms with Crippen molar-refractivity contribution in [3.63, 3.8) is 0 Å². The van der Waals surface area contributed by atoms with Gasteiger partial charge in [-0.15, -0.1) is 0 Å². The molecule has 0 aromatic carbocycles. The Morgan fingerprint density at radius 1 is 1.20 bits per heavy atom. The van der Waals surface area contributed by atoms with Crippen LogP contribution < -0.4 is 0 Å². The van der Waals surface area contributed by atoms with Crippen LogP contribution in [-0.2, 0) is 4.74 Å². The lowest BCUT2D eigenvalue weighted by Crippen LogP contribution is -2.52. The van der Waals surface area contributed by atoms with Crippen LogP contribution in [0.3, 0.4) is 0 Å². The Labute approximate surface area is 158 Å². The molecule has 0 spiro atoms. The lowest BCUT2D eigenvalue weighted by molar-refractivity contribution is 0.00720. The van der Waals surface area contributed by atoms with Gasteiger partial charge < -0.3 is 9.64 Å². The van der Waals surface area contributed by atoms with E-state index in [4.69, 9.17) is 4.74 Å². The van der Waals surface area contributed by atoms with Gasteiger partial charge in [-0.05, 0) is 62.4 Å². The number of hydrogen-bond donors (Lipinski definition) is 0. The lowest BCUT2D eigenvalue weighted by Gasteiger charge is -2.42. The third-order valence-electron chi connectivity index (χ3n) is 5.01. The van der Waals surface area contributed by atoms with Crippen molar-refractivity contribution in [2.75, 3.05) is 26.2 Å². The van der Waals surface area contributed by atoms with E-state index in [-0.39, 0.29) is 6.09 Å². The van der Waals surface area contributed by atoms with Crippen LogP contribution in [0.2, 0.25) is 0 Å². The zero-order valence-electron chi connectivity index (χ0n) is 15.4. The predicted octanol–water partition coefficient (Wildman–Crippen LogP) is 3.68. The molecule has 25 heavy (non-hydrogen) atoms. The topological polar surface area (TPSA) is 50.6 Å². The Hall–Kier alpha value is -1.08. The molecule has 1 aromatic heterocycles. The molecule has 1 unspecified atom stereocenters. The Balaban J connectivity index is 1.52. The molecule has 0 saturated carbocycles. The molecule has 3 rings (SSSR count). The second-order valence-electron chi connectivity index (χ2n) is 8.13. The summed E-state index contributed by atoms with van der Waals surface area (Å²) in [6.45, 7) is 9.49. The van der Waals surface area contributed by atoms with Gasteiger partial charge >= 0.3 is 6.09 Å². The van der Waals surface area contributed by atoms with Gasteiger partial charge in [0.05, 0.1) is 16.7 Å².